The second-order valence-electron chi connectivity index (χ2n) is 5.09. The Morgan fingerprint density at radius 3 is 3.05 bits per heavy atom. The van der Waals surface area contributed by atoms with E-state index in [-0.39, 0.29) is 11.8 Å². The molecule has 1 unspecified atom stereocenters. The van der Waals surface area contributed by atoms with Crippen LogP contribution >= 0.6 is 0 Å². The first-order valence-electron chi connectivity index (χ1n) is 6.90. The number of H-pyrrole nitrogens is 1. The Labute approximate surface area is 116 Å². The summed E-state index contributed by atoms with van der Waals surface area (Å²) in [4.78, 5) is 27.1. The number of aromatic nitrogens is 1. The van der Waals surface area contributed by atoms with Crippen LogP contribution in [0.25, 0.3) is 10.9 Å². The monoisotopic (exact) mass is 271 g/mol. The number of nitrogens with one attached hydrogen (secondary N) is 3. The van der Waals surface area contributed by atoms with Crippen LogP contribution in [0.3, 0.4) is 0 Å². The normalized spacial score (nSPS) is 19.4. The minimum atomic E-state index is -0.427. The van der Waals surface area contributed by atoms with Crippen molar-refractivity contribution in [3.05, 3.63) is 36.0 Å². The van der Waals surface area contributed by atoms with E-state index >= 15 is 0 Å². The van der Waals surface area contributed by atoms with Crippen molar-refractivity contribution in [1.82, 2.24) is 15.6 Å². The molecule has 0 aliphatic carbocycles. The van der Waals surface area contributed by atoms with Crippen LogP contribution in [0.5, 0.6) is 0 Å². The van der Waals surface area contributed by atoms with E-state index in [1.807, 2.05) is 18.3 Å². The summed E-state index contributed by atoms with van der Waals surface area (Å²) in [5, 5.41) is 6.70. The van der Waals surface area contributed by atoms with Crippen LogP contribution < -0.4 is 10.6 Å². The van der Waals surface area contributed by atoms with E-state index in [4.69, 9.17) is 0 Å². The fourth-order valence-corrected chi connectivity index (χ4v) is 2.51. The highest BCUT2D eigenvalue weighted by Gasteiger charge is 2.22. The topological polar surface area (TPSA) is 74.0 Å². The van der Waals surface area contributed by atoms with Gasteiger partial charge in [-0.2, -0.15) is 0 Å². The van der Waals surface area contributed by atoms with Gasteiger partial charge in [-0.1, -0.05) is 6.07 Å². The molecule has 1 aromatic heterocycles. The van der Waals surface area contributed by atoms with Crippen LogP contribution in [0.4, 0.5) is 0 Å². The van der Waals surface area contributed by atoms with Crippen LogP contribution in [0.15, 0.2) is 30.5 Å². The van der Waals surface area contributed by atoms with E-state index in [0.717, 1.165) is 23.7 Å². The van der Waals surface area contributed by atoms with Crippen molar-refractivity contribution >= 4 is 22.7 Å². The molecule has 104 valence electrons. The van der Waals surface area contributed by atoms with Gasteiger partial charge in [0.2, 0.25) is 5.91 Å². The summed E-state index contributed by atoms with van der Waals surface area (Å²) in [7, 11) is 0. The highest BCUT2D eigenvalue weighted by Crippen LogP contribution is 2.14. The van der Waals surface area contributed by atoms with E-state index in [0.29, 0.717) is 18.5 Å². The van der Waals surface area contributed by atoms with E-state index < -0.39 is 6.04 Å². The number of hydrogen-bond donors (Lipinski definition) is 3. The highest BCUT2D eigenvalue weighted by atomic mass is 16.2. The number of amides is 2. The van der Waals surface area contributed by atoms with Gasteiger partial charge < -0.3 is 15.6 Å². The molecule has 1 atom stereocenters. The first-order chi connectivity index (χ1) is 9.74. The molecule has 1 aliphatic rings. The summed E-state index contributed by atoms with van der Waals surface area (Å²) in [6.07, 6.45) is 4.44. The van der Waals surface area contributed by atoms with Gasteiger partial charge in [0, 0.05) is 23.8 Å². The molecule has 5 heteroatoms. The van der Waals surface area contributed by atoms with Gasteiger partial charge in [0.15, 0.2) is 0 Å². The smallest absolute Gasteiger partial charge is 0.252 e. The molecule has 0 spiro atoms. The molecule has 1 aliphatic heterocycles. The van der Waals surface area contributed by atoms with Crippen molar-refractivity contribution in [2.24, 2.45) is 0 Å². The fraction of sp³-hybridized carbons (Fsp3) is 0.333. The Hall–Kier alpha value is -2.30. The summed E-state index contributed by atoms with van der Waals surface area (Å²) in [5.41, 5.74) is 1.49. The van der Waals surface area contributed by atoms with Gasteiger partial charge in [-0.05, 0) is 42.8 Å². The van der Waals surface area contributed by atoms with Gasteiger partial charge >= 0.3 is 0 Å². The van der Waals surface area contributed by atoms with E-state index in [2.05, 4.69) is 15.6 Å². The molecule has 3 N–H and O–H groups in total. The summed E-state index contributed by atoms with van der Waals surface area (Å²) in [6.45, 7) is 0.694. The summed E-state index contributed by atoms with van der Waals surface area (Å²) in [5.74, 6) is -0.291. The quantitative estimate of drug-likeness (QED) is 0.775. The molecule has 1 saturated heterocycles. The minimum Gasteiger partial charge on any atom is -0.361 e. The fourth-order valence-electron chi connectivity index (χ4n) is 2.51. The third-order valence-electron chi connectivity index (χ3n) is 3.66. The zero-order valence-electron chi connectivity index (χ0n) is 11.1. The van der Waals surface area contributed by atoms with Gasteiger partial charge in [0.1, 0.15) is 6.04 Å². The number of benzene rings is 1. The molecule has 2 aromatic rings. The van der Waals surface area contributed by atoms with Crippen molar-refractivity contribution in [1.29, 1.82) is 0 Å². The SMILES string of the molecule is O=C(NC1CCCCNC1=O)c1ccc2cc[nH]c2c1. The lowest BCUT2D eigenvalue weighted by atomic mass is 10.1. The average Bonchev–Trinajstić information content (AvgIpc) is 2.83. The molecule has 0 bridgehead atoms. The Bertz CT molecular complexity index is 647. The first kappa shape index (κ1) is 12.7. The van der Waals surface area contributed by atoms with E-state index in [9.17, 15) is 9.59 Å². The standard InChI is InChI=1S/C15H17N3O2/c19-14(18-12-3-1-2-7-17-15(12)20)11-5-4-10-6-8-16-13(10)9-11/h4-6,8-9,12,16H,1-3,7H2,(H,17,20)(H,18,19). The van der Waals surface area contributed by atoms with Crippen molar-refractivity contribution < 1.29 is 9.59 Å². The maximum absolute atomic E-state index is 12.2. The Balaban J connectivity index is 1.76. The van der Waals surface area contributed by atoms with Crippen LogP contribution in [-0.4, -0.2) is 29.4 Å². The molecule has 0 saturated carbocycles. The summed E-state index contributed by atoms with van der Waals surface area (Å²) < 4.78 is 0. The molecule has 0 radical (unpaired) electrons. The molecule has 2 amide bonds. The lowest BCUT2D eigenvalue weighted by Gasteiger charge is -2.15. The lowest BCUT2D eigenvalue weighted by molar-refractivity contribution is -0.122. The Morgan fingerprint density at radius 2 is 2.15 bits per heavy atom. The van der Waals surface area contributed by atoms with E-state index in [1.54, 1.807) is 12.1 Å². The van der Waals surface area contributed by atoms with Crippen molar-refractivity contribution in [2.75, 3.05) is 6.54 Å². The maximum atomic E-state index is 12.2. The lowest BCUT2D eigenvalue weighted by Crippen LogP contribution is -2.45. The number of carbonyl (C=O) groups excluding carboxylic acids is 2. The molecule has 3 rings (SSSR count). The van der Waals surface area contributed by atoms with Crippen LogP contribution in [-0.2, 0) is 4.79 Å². The van der Waals surface area contributed by atoms with Gasteiger partial charge in [-0.3, -0.25) is 9.59 Å². The number of fused-ring (bicyclic) bond motifs is 1. The zero-order valence-corrected chi connectivity index (χ0v) is 11.1. The number of carbonyl (C=O) groups is 2. The maximum Gasteiger partial charge on any atom is 0.252 e. The zero-order chi connectivity index (χ0) is 13.9. The van der Waals surface area contributed by atoms with Gasteiger partial charge in [-0.15, -0.1) is 0 Å². The third kappa shape index (κ3) is 2.52. The molecule has 2 heterocycles. The van der Waals surface area contributed by atoms with Crippen molar-refractivity contribution in [2.45, 2.75) is 25.3 Å². The number of aromatic amines is 1. The van der Waals surface area contributed by atoms with Gasteiger partial charge in [-0.25, -0.2) is 0 Å². The molecule has 1 aromatic carbocycles. The van der Waals surface area contributed by atoms with Gasteiger partial charge in [0.05, 0.1) is 0 Å². The summed E-state index contributed by atoms with van der Waals surface area (Å²) >= 11 is 0. The van der Waals surface area contributed by atoms with Crippen molar-refractivity contribution in [3.63, 3.8) is 0 Å². The molecule has 5 nitrogen and oxygen atoms in total. The predicted octanol–water partition coefficient (Wildman–Crippen LogP) is 1.57. The first-order valence-corrected chi connectivity index (χ1v) is 6.90. The van der Waals surface area contributed by atoms with Crippen LogP contribution in [0.1, 0.15) is 29.6 Å². The average molecular weight is 271 g/mol. The Kier molecular flexibility index (Phi) is 3.41. The molecule has 20 heavy (non-hydrogen) atoms. The largest absolute Gasteiger partial charge is 0.361 e. The summed E-state index contributed by atoms with van der Waals surface area (Å²) in [6, 6.07) is 7.01. The molecule has 1 fully saturated rings. The van der Waals surface area contributed by atoms with Crippen LogP contribution in [0, 0.1) is 0 Å². The Morgan fingerprint density at radius 1 is 1.25 bits per heavy atom. The number of hydrogen-bond acceptors (Lipinski definition) is 2. The highest BCUT2D eigenvalue weighted by molar-refractivity contribution is 6.00. The predicted molar refractivity (Wildman–Crippen MR) is 76.4 cm³/mol. The molecular weight excluding hydrogens is 254 g/mol. The van der Waals surface area contributed by atoms with Crippen LogP contribution in [0.2, 0.25) is 0 Å². The molecular formula is C15H17N3O2. The van der Waals surface area contributed by atoms with Crippen molar-refractivity contribution in [3.8, 4) is 0 Å². The second kappa shape index (κ2) is 5.36. The van der Waals surface area contributed by atoms with E-state index in [1.165, 1.54) is 0 Å². The number of rotatable bonds is 2. The second-order valence-corrected chi connectivity index (χ2v) is 5.09. The van der Waals surface area contributed by atoms with Gasteiger partial charge in [0.25, 0.3) is 5.91 Å². The minimum absolute atomic E-state index is 0.0863. The third-order valence-corrected chi connectivity index (χ3v) is 3.66.